The molecule has 2 aromatic carbocycles. The lowest BCUT2D eigenvalue weighted by molar-refractivity contribution is -0.137. The number of aromatic nitrogens is 4. The molecule has 9 heteroatoms. The molecule has 6 nitrogen and oxygen atoms in total. The van der Waals surface area contributed by atoms with Gasteiger partial charge in [-0.2, -0.15) is 28.5 Å². The highest BCUT2D eigenvalue weighted by Gasteiger charge is 2.30. The van der Waals surface area contributed by atoms with Gasteiger partial charge in [-0.1, -0.05) is 6.07 Å². The summed E-state index contributed by atoms with van der Waals surface area (Å²) >= 11 is 0. The van der Waals surface area contributed by atoms with E-state index in [0.29, 0.717) is 10.9 Å². The van der Waals surface area contributed by atoms with Crippen LogP contribution in [0.1, 0.15) is 16.1 Å². The molecule has 0 fully saturated rings. The molecule has 0 aliphatic rings. The van der Waals surface area contributed by atoms with Crippen molar-refractivity contribution >= 4 is 22.5 Å². The molecule has 2 N–H and O–H groups in total. The van der Waals surface area contributed by atoms with Crippen LogP contribution in [0.3, 0.4) is 0 Å². The Hall–Kier alpha value is -3.75. The number of hydrogen-bond donors (Lipinski definition) is 2. The molecule has 1 amide bonds. The van der Waals surface area contributed by atoms with E-state index in [2.05, 4.69) is 25.7 Å². The minimum Gasteiger partial charge on any atom is -0.321 e. The van der Waals surface area contributed by atoms with Gasteiger partial charge in [0.15, 0.2) is 5.69 Å². The Morgan fingerprint density at radius 2 is 1.75 bits per heavy atom. The highest BCUT2D eigenvalue weighted by atomic mass is 19.4. The van der Waals surface area contributed by atoms with Crippen LogP contribution in [-0.2, 0) is 6.18 Å². The number of carbonyl (C=O) groups is 1. The maximum absolute atomic E-state index is 12.6. The SMILES string of the molecule is O=C(Nc1ccc(C(F)(F)F)cc1)c1n[nH]c2ccc(-c3ccnnc3)cc12. The van der Waals surface area contributed by atoms with E-state index >= 15 is 0 Å². The van der Waals surface area contributed by atoms with Gasteiger partial charge in [0.2, 0.25) is 0 Å². The monoisotopic (exact) mass is 383 g/mol. The Balaban J connectivity index is 1.62. The van der Waals surface area contributed by atoms with Crippen molar-refractivity contribution in [2.45, 2.75) is 6.18 Å². The molecule has 140 valence electrons. The number of halogens is 3. The fourth-order valence-corrected chi connectivity index (χ4v) is 2.76. The van der Waals surface area contributed by atoms with E-state index in [4.69, 9.17) is 0 Å². The van der Waals surface area contributed by atoms with Crippen LogP contribution in [0.2, 0.25) is 0 Å². The van der Waals surface area contributed by atoms with Crippen molar-refractivity contribution in [2.24, 2.45) is 0 Å². The van der Waals surface area contributed by atoms with Crippen LogP contribution in [0.15, 0.2) is 60.9 Å². The van der Waals surface area contributed by atoms with Crippen LogP contribution >= 0.6 is 0 Å². The molecule has 0 unspecified atom stereocenters. The van der Waals surface area contributed by atoms with E-state index in [0.717, 1.165) is 23.3 Å². The van der Waals surface area contributed by atoms with Crippen LogP contribution in [0.4, 0.5) is 18.9 Å². The number of anilines is 1. The quantitative estimate of drug-likeness (QED) is 0.553. The molecule has 0 aliphatic carbocycles. The first-order chi connectivity index (χ1) is 13.4. The van der Waals surface area contributed by atoms with Crippen molar-refractivity contribution in [1.29, 1.82) is 0 Å². The molecule has 28 heavy (non-hydrogen) atoms. The molecule has 4 rings (SSSR count). The van der Waals surface area contributed by atoms with Gasteiger partial charge < -0.3 is 5.32 Å². The molecular formula is C19H12F3N5O. The average Bonchev–Trinajstić information content (AvgIpc) is 3.12. The van der Waals surface area contributed by atoms with Gasteiger partial charge >= 0.3 is 6.18 Å². The summed E-state index contributed by atoms with van der Waals surface area (Å²) in [6.07, 6.45) is -1.27. The summed E-state index contributed by atoms with van der Waals surface area (Å²) in [5.74, 6) is -0.531. The summed E-state index contributed by atoms with van der Waals surface area (Å²) in [7, 11) is 0. The molecule has 0 radical (unpaired) electrons. The summed E-state index contributed by atoms with van der Waals surface area (Å²) in [5, 5.41) is 17.5. The first kappa shape index (κ1) is 17.7. The van der Waals surface area contributed by atoms with Gasteiger partial charge in [0.25, 0.3) is 5.91 Å². The number of rotatable bonds is 3. The van der Waals surface area contributed by atoms with Crippen molar-refractivity contribution in [3.8, 4) is 11.1 Å². The third-order valence-corrected chi connectivity index (χ3v) is 4.17. The molecule has 0 saturated carbocycles. The summed E-state index contributed by atoms with van der Waals surface area (Å²) < 4.78 is 37.9. The van der Waals surface area contributed by atoms with Crippen molar-refractivity contribution in [1.82, 2.24) is 20.4 Å². The summed E-state index contributed by atoms with van der Waals surface area (Å²) in [6.45, 7) is 0. The molecule has 2 aromatic heterocycles. The van der Waals surface area contributed by atoms with Crippen molar-refractivity contribution in [2.75, 3.05) is 5.32 Å². The number of amides is 1. The number of H-pyrrole nitrogens is 1. The molecule has 0 bridgehead atoms. The summed E-state index contributed by atoms with van der Waals surface area (Å²) in [6, 6.07) is 11.4. The Morgan fingerprint density at radius 3 is 2.43 bits per heavy atom. The van der Waals surface area contributed by atoms with Crippen LogP contribution in [0.5, 0.6) is 0 Å². The van der Waals surface area contributed by atoms with Gasteiger partial charge in [-0.25, -0.2) is 0 Å². The predicted molar refractivity (Wildman–Crippen MR) is 96.5 cm³/mol. The zero-order chi connectivity index (χ0) is 19.7. The van der Waals surface area contributed by atoms with E-state index in [9.17, 15) is 18.0 Å². The lowest BCUT2D eigenvalue weighted by atomic mass is 10.0. The second-order valence-electron chi connectivity index (χ2n) is 5.99. The normalized spacial score (nSPS) is 11.5. The molecule has 0 atom stereocenters. The Labute approximate surface area is 156 Å². The number of benzene rings is 2. The lowest BCUT2D eigenvalue weighted by Crippen LogP contribution is -2.13. The highest BCUT2D eigenvalue weighted by Crippen LogP contribution is 2.30. The first-order valence-electron chi connectivity index (χ1n) is 8.15. The molecule has 2 heterocycles. The molecule has 0 aliphatic heterocycles. The number of fused-ring (bicyclic) bond motifs is 1. The van der Waals surface area contributed by atoms with Crippen LogP contribution in [0.25, 0.3) is 22.0 Å². The van der Waals surface area contributed by atoms with E-state index in [1.54, 1.807) is 30.6 Å². The minimum atomic E-state index is -4.43. The van der Waals surface area contributed by atoms with Gasteiger partial charge in [-0.05, 0) is 48.0 Å². The topological polar surface area (TPSA) is 83.6 Å². The molecule has 0 spiro atoms. The van der Waals surface area contributed by atoms with Crippen molar-refractivity contribution in [3.05, 3.63) is 72.2 Å². The maximum Gasteiger partial charge on any atom is 0.416 e. The Morgan fingerprint density at radius 1 is 0.964 bits per heavy atom. The zero-order valence-electron chi connectivity index (χ0n) is 14.2. The Kier molecular flexibility index (Phi) is 4.26. The van der Waals surface area contributed by atoms with Gasteiger partial charge in [0.05, 0.1) is 23.5 Å². The number of nitrogens with zero attached hydrogens (tertiary/aromatic N) is 3. The molecular weight excluding hydrogens is 371 g/mol. The van der Waals surface area contributed by atoms with Crippen molar-refractivity contribution < 1.29 is 18.0 Å². The fourth-order valence-electron chi connectivity index (χ4n) is 2.76. The smallest absolute Gasteiger partial charge is 0.321 e. The minimum absolute atomic E-state index is 0.138. The molecule has 4 aromatic rings. The van der Waals surface area contributed by atoms with E-state index in [-0.39, 0.29) is 11.4 Å². The van der Waals surface area contributed by atoms with Gasteiger partial charge in [0.1, 0.15) is 0 Å². The van der Waals surface area contributed by atoms with E-state index in [1.807, 2.05) is 6.07 Å². The van der Waals surface area contributed by atoms with Crippen LogP contribution in [-0.4, -0.2) is 26.3 Å². The number of alkyl halides is 3. The zero-order valence-corrected chi connectivity index (χ0v) is 14.2. The molecule has 0 saturated heterocycles. The summed E-state index contributed by atoms with van der Waals surface area (Å²) in [4.78, 5) is 12.6. The third kappa shape index (κ3) is 3.41. The average molecular weight is 383 g/mol. The van der Waals surface area contributed by atoms with Gasteiger partial charge in [-0.15, -0.1) is 0 Å². The fraction of sp³-hybridized carbons (Fsp3) is 0.0526. The second-order valence-corrected chi connectivity index (χ2v) is 5.99. The Bertz CT molecular complexity index is 1140. The van der Waals surface area contributed by atoms with Crippen LogP contribution < -0.4 is 5.32 Å². The number of hydrogen-bond acceptors (Lipinski definition) is 4. The largest absolute Gasteiger partial charge is 0.416 e. The first-order valence-corrected chi connectivity index (χ1v) is 8.15. The van der Waals surface area contributed by atoms with E-state index < -0.39 is 17.6 Å². The van der Waals surface area contributed by atoms with E-state index in [1.165, 1.54) is 12.1 Å². The maximum atomic E-state index is 12.6. The number of nitrogens with one attached hydrogen (secondary N) is 2. The van der Waals surface area contributed by atoms with Crippen molar-refractivity contribution in [3.63, 3.8) is 0 Å². The number of aromatic amines is 1. The van der Waals surface area contributed by atoms with Crippen LogP contribution in [0, 0.1) is 0 Å². The summed E-state index contributed by atoms with van der Waals surface area (Å²) in [5.41, 5.74) is 1.90. The highest BCUT2D eigenvalue weighted by molar-refractivity contribution is 6.11. The van der Waals surface area contributed by atoms with Gasteiger partial charge in [0, 0.05) is 16.6 Å². The lowest BCUT2D eigenvalue weighted by Gasteiger charge is -2.08. The third-order valence-electron chi connectivity index (χ3n) is 4.17. The predicted octanol–water partition coefficient (Wildman–Crippen LogP) is 4.29. The standard InChI is InChI=1S/C19H12F3N5O/c20-19(21,22)13-2-4-14(5-3-13)25-18(28)17-15-9-11(1-6-16(15)26-27-17)12-7-8-23-24-10-12/h1-10H,(H,25,28)(H,26,27). The number of carbonyl (C=O) groups excluding carboxylic acids is 1. The van der Waals surface area contributed by atoms with Gasteiger partial charge in [-0.3, -0.25) is 9.89 Å². The second kappa shape index (κ2) is 6.76.